The van der Waals surface area contributed by atoms with E-state index in [4.69, 9.17) is 23.8 Å². The third-order valence-electron chi connectivity index (χ3n) is 1.91. The molecule has 0 spiro atoms. The van der Waals surface area contributed by atoms with Crippen molar-refractivity contribution in [1.29, 1.82) is 0 Å². The second-order valence-corrected chi connectivity index (χ2v) is 3.72. The average molecular weight is 230 g/mol. The summed E-state index contributed by atoms with van der Waals surface area (Å²) in [5.41, 5.74) is 6.26. The summed E-state index contributed by atoms with van der Waals surface area (Å²) in [4.78, 5) is 0. The maximum absolute atomic E-state index is 9.57. The maximum Gasteiger partial charge on any atom is 0.182 e. The summed E-state index contributed by atoms with van der Waals surface area (Å²) >= 11 is 10.7. The van der Waals surface area contributed by atoms with Crippen LogP contribution in [0.2, 0.25) is 5.02 Å². The highest BCUT2D eigenvalue weighted by molar-refractivity contribution is 7.80. The number of nitrogens with one attached hydrogen (secondary N) is 3. The summed E-state index contributed by atoms with van der Waals surface area (Å²) in [6, 6.07) is 4.85. The van der Waals surface area contributed by atoms with E-state index in [1.165, 1.54) is 0 Å². The van der Waals surface area contributed by atoms with Crippen molar-refractivity contribution in [2.75, 3.05) is 0 Å². The zero-order valence-electron chi connectivity index (χ0n) is 7.04. The van der Waals surface area contributed by atoms with E-state index in [-0.39, 0.29) is 11.9 Å². The maximum atomic E-state index is 9.57. The molecule has 1 atom stereocenters. The van der Waals surface area contributed by atoms with Crippen LogP contribution in [0.5, 0.6) is 5.75 Å². The number of hydrogen-bond donors (Lipinski definition) is 4. The second-order valence-electron chi connectivity index (χ2n) is 2.88. The molecule has 1 aliphatic heterocycles. The van der Waals surface area contributed by atoms with Gasteiger partial charge in [-0.2, -0.15) is 0 Å². The fourth-order valence-corrected chi connectivity index (χ4v) is 1.61. The lowest BCUT2D eigenvalue weighted by molar-refractivity contribution is 0.447. The van der Waals surface area contributed by atoms with E-state index in [1.807, 2.05) is 0 Å². The summed E-state index contributed by atoms with van der Waals surface area (Å²) < 4.78 is 0. The third kappa shape index (κ3) is 1.75. The number of thiocarbonyl (C=S) groups is 1. The third-order valence-corrected chi connectivity index (χ3v) is 2.36. The Labute approximate surface area is 91.2 Å². The van der Waals surface area contributed by atoms with Gasteiger partial charge in [0, 0.05) is 10.6 Å². The SMILES string of the molecule is Oc1ccc(Cl)cc1C1NNC(=S)N1. The second kappa shape index (κ2) is 3.61. The molecule has 0 radical (unpaired) electrons. The first-order valence-electron chi connectivity index (χ1n) is 3.97. The minimum absolute atomic E-state index is 0.172. The van der Waals surface area contributed by atoms with Crippen molar-refractivity contribution >= 4 is 28.9 Å². The van der Waals surface area contributed by atoms with Crippen LogP contribution >= 0.6 is 23.8 Å². The summed E-state index contributed by atoms with van der Waals surface area (Å²) in [6.45, 7) is 0. The number of halogens is 1. The minimum atomic E-state index is -0.249. The largest absolute Gasteiger partial charge is 0.508 e. The number of rotatable bonds is 1. The van der Waals surface area contributed by atoms with Crippen LogP contribution in [0.4, 0.5) is 0 Å². The molecule has 1 aliphatic rings. The molecule has 0 aromatic heterocycles. The normalized spacial score (nSPS) is 20.4. The van der Waals surface area contributed by atoms with E-state index in [9.17, 15) is 5.11 Å². The molecule has 4 N–H and O–H groups in total. The molecule has 0 bridgehead atoms. The van der Waals surface area contributed by atoms with E-state index < -0.39 is 0 Å². The highest BCUT2D eigenvalue weighted by atomic mass is 35.5. The lowest BCUT2D eigenvalue weighted by Gasteiger charge is -2.11. The fraction of sp³-hybridized carbons (Fsp3) is 0.125. The van der Waals surface area contributed by atoms with Crippen molar-refractivity contribution in [3.8, 4) is 5.75 Å². The fourth-order valence-electron chi connectivity index (χ4n) is 1.25. The van der Waals surface area contributed by atoms with Gasteiger partial charge in [0.25, 0.3) is 0 Å². The molecule has 74 valence electrons. The molecule has 14 heavy (non-hydrogen) atoms. The van der Waals surface area contributed by atoms with Crippen molar-refractivity contribution < 1.29 is 5.11 Å². The van der Waals surface area contributed by atoms with Gasteiger partial charge in [-0.25, -0.2) is 5.43 Å². The lowest BCUT2D eigenvalue weighted by atomic mass is 10.1. The summed E-state index contributed by atoms with van der Waals surface area (Å²) in [5, 5.41) is 13.6. The minimum Gasteiger partial charge on any atom is -0.508 e. The molecule has 0 amide bonds. The Morgan fingerprint density at radius 2 is 2.21 bits per heavy atom. The van der Waals surface area contributed by atoms with Crippen LogP contribution in [0.1, 0.15) is 11.7 Å². The Bertz CT molecular complexity index is 385. The Morgan fingerprint density at radius 1 is 1.43 bits per heavy atom. The van der Waals surface area contributed by atoms with Crippen LogP contribution in [0.25, 0.3) is 0 Å². The van der Waals surface area contributed by atoms with Crippen molar-refractivity contribution in [2.45, 2.75) is 6.17 Å². The van der Waals surface area contributed by atoms with Crippen molar-refractivity contribution in [3.63, 3.8) is 0 Å². The van der Waals surface area contributed by atoms with E-state index in [0.29, 0.717) is 15.7 Å². The summed E-state index contributed by atoms with van der Waals surface area (Å²) in [5.74, 6) is 0.172. The molecule has 1 aromatic carbocycles. The van der Waals surface area contributed by atoms with E-state index in [1.54, 1.807) is 18.2 Å². The molecular weight excluding hydrogens is 222 g/mol. The molecule has 2 rings (SSSR count). The monoisotopic (exact) mass is 229 g/mol. The van der Waals surface area contributed by atoms with Gasteiger partial charge in [0.1, 0.15) is 11.9 Å². The van der Waals surface area contributed by atoms with Crippen LogP contribution in [0, 0.1) is 0 Å². The number of benzene rings is 1. The van der Waals surface area contributed by atoms with Gasteiger partial charge in [-0.1, -0.05) is 11.6 Å². The van der Waals surface area contributed by atoms with Gasteiger partial charge in [0.15, 0.2) is 5.11 Å². The smallest absolute Gasteiger partial charge is 0.182 e. The first-order chi connectivity index (χ1) is 6.66. The quantitative estimate of drug-likeness (QED) is 0.542. The van der Waals surface area contributed by atoms with Gasteiger partial charge < -0.3 is 10.4 Å². The Kier molecular flexibility index (Phi) is 2.45. The first-order valence-corrected chi connectivity index (χ1v) is 4.76. The van der Waals surface area contributed by atoms with Gasteiger partial charge >= 0.3 is 0 Å². The summed E-state index contributed by atoms with van der Waals surface area (Å²) in [7, 11) is 0. The number of phenolic OH excluding ortho intramolecular Hbond substituents is 1. The van der Waals surface area contributed by atoms with Crippen LogP contribution < -0.4 is 16.2 Å². The predicted molar refractivity (Wildman–Crippen MR) is 57.9 cm³/mol. The van der Waals surface area contributed by atoms with Gasteiger partial charge in [-0.3, -0.25) is 5.43 Å². The van der Waals surface area contributed by atoms with Crippen molar-refractivity contribution in [3.05, 3.63) is 28.8 Å². The van der Waals surface area contributed by atoms with Crippen LogP contribution in [-0.4, -0.2) is 10.2 Å². The van der Waals surface area contributed by atoms with Gasteiger partial charge in [0.2, 0.25) is 0 Å². The molecule has 1 unspecified atom stereocenters. The molecule has 0 saturated carbocycles. The first kappa shape index (κ1) is 9.51. The van der Waals surface area contributed by atoms with Gasteiger partial charge in [-0.15, -0.1) is 0 Å². The van der Waals surface area contributed by atoms with E-state index in [2.05, 4.69) is 16.2 Å². The molecule has 4 nitrogen and oxygen atoms in total. The van der Waals surface area contributed by atoms with Crippen LogP contribution in [-0.2, 0) is 0 Å². The Hall–Kier alpha value is -1.04. The van der Waals surface area contributed by atoms with Crippen molar-refractivity contribution in [1.82, 2.24) is 16.2 Å². The number of phenols is 1. The Balaban J connectivity index is 2.31. The predicted octanol–water partition coefficient (Wildman–Crippen LogP) is 1.03. The molecule has 1 heterocycles. The van der Waals surface area contributed by atoms with Gasteiger partial charge in [0.05, 0.1) is 0 Å². The molecule has 1 aromatic rings. The number of hydrogen-bond acceptors (Lipinski definition) is 3. The van der Waals surface area contributed by atoms with E-state index >= 15 is 0 Å². The zero-order chi connectivity index (χ0) is 10.1. The highest BCUT2D eigenvalue weighted by Crippen LogP contribution is 2.26. The zero-order valence-corrected chi connectivity index (χ0v) is 8.62. The molecule has 1 fully saturated rings. The topological polar surface area (TPSA) is 56.3 Å². The summed E-state index contributed by atoms with van der Waals surface area (Å²) in [6.07, 6.45) is -0.249. The van der Waals surface area contributed by atoms with Gasteiger partial charge in [-0.05, 0) is 30.4 Å². The standard InChI is InChI=1S/C8H8ClN3OS/c9-4-1-2-6(13)5(3-4)7-10-8(14)12-11-7/h1-3,7,11,13H,(H2,10,12,14). The highest BCUT2D eigenvalue weighted by Gasteiger charge is 2.21. The average Bonchev–Trinajstić information content (AvgIpc) is 2.56. The molecule has 0 aliphatic carbocycles. The Morgan fingerprint density at radius 3 is 2.86 bits per heavy atom. The molecular formula is C8H8ClN3OS. The lowest BCUT2D eigenvalue weighted by Crippen LogP contribution is -2.26. The van der Waals surface area contributed by atoms with Crippen molar-refractivity contribution in [2.24, 2.45) is 0 Å². The van der Waals surface area contributed by atoms with Crippen LogP contribution in [0.15, 0.2) is 18.2 Å². The van der Waals surface area contributed by atoms with Crippen LogP contribution in [0.3, 0.4) is 0 Å². The molecule has 6 heteroatoms. The van der Waals surface area contributed by atoms with E-state index in [0.717, 1.165) is 0 Å². The molecule has 1 saturated heterocycles. The number of hydrazine groups is 1. The number of aromatic hydroxyl groups is 1.